The van der Waals surface area contributed by atoms with E-state index in [1.54, 1.807) is 42.3 Å². The van der Waals surface area contributed by atoms with Gasteiger partial charge in [0.1, 0.15) is 16.8 Å². The van der Waals surface area contributed by atoms with Crippen LogP contribution in [0.2, 0.25) is 0 Å². The van der Waals surface area contributed by atoms with Gasteiger partial charge >= 0.3 is 6.09 Å². The lowest BCUT2D eigenvalue weighted by Gasteiger charge is -2.41. The Bertz CT molecular complexity index is 1380. The Balaban J connectivity index is 1.25. The number of sulfonamides is 1. The van der Waals surface area contributed by atoms with Gasteiger partial charge in [0.05, 0.1) is 30.2 Å². The molecule has 196 valence electrons. The van der Waals surface area contributed by atoms with Gasteiger partial charge < -0.3 is 24.8 Å². The van der Waals surface area contributed by atoms with E-state index in [1.165, 1.54) is 24.0 Å². The van der Waals surface area contributed by atoms with E-state index in [0.29, 0.717) is 49.2 Å². The van der Waals surface area contributed by atoms with Crippen molar-refractivity contribution in [3.05, 3.63) is 48.3 Å². The van der Waals surface area contributed by atoms with Gasteiger partial charge in [-0.05, 0) is 30.3 Å². The maximum atomic E-state index is 15.1. The third kappa shape index (κ3) is 4.78. The number of hydrogen-bond donors (Lipinski definition) is 1. The summed E-state index contributed by atoms with van der Waals surface area (Å²) in [6, 6.07) is 11.3. The zero-order chi connectivity index (χ0) is 26.3. The molecule has 0 saturated carbocycles. The van der Waals surface area contributed by atoms with Crippen molar-refractivity contribution in [2.75, 3.05) is 61.0 Å². The molecule has 13 heteroatoms. The first-order valence-corrected chi connectivity index (χ1v) is 13.3. The number of hydrogen-bond acceptors (Lipinski definition) is 8. The van der Waals surface area contributed by atoms with Crippen molar-refractivity contribution in [1.29, 1.82) is 0 Å². The molecule has 3 aliphatic rings. The van der Waals surface area contributed by atoms with Crippen LogP contribution in [0.25, 0.3) is 0 Å². The number of guanidine groups is 1. The molecule has 2 saturated heterocycles. The number of fused-ring (bicyclic) bond motifs is 1. The molecule has 2 amide bonds. The predicted molar refractivity (Wildman–Crippen MR) is 136 cm³/mol. The molecule has 11 nitrogen and oxygen atoms in total. The van der Waals surface area contributed by atoms with Crippen LogP contribution in [0.5, 0.6) is 0 Å². The molecule has 2 fully saturated rings. The summed E-state index contributed by atoms with van der Waals surface area (Å²) in [5.74, 6) is -0.359. The minimum absolute atomic E-state index is 0.172. The molecule has 0 spiro atoms. The number of nitrogens with one attached hydrogen (secondary N) is 1. The number of carbonyl (C=O) groups excluding carboxylic acids is 2. The zero-order valence-electron chi connectivity index (χ0n) is 20.4. The number of para-hydroxylation sites is 1. The molecular weight excluding hydrogens is 503 g/mol. The normalized spacial score (nSPS) is 20.9. The van der Waals surface area contributed by atoms with E-state index in [0.717, 1.165) is 0 Å². The zero-order valence-corrected chi connectivity index (χ0v) is 21.2. The molecule has 3 heterocycles. The van der Waals surface area contributed by atoms with Crippen LogP contribution in [0, 0.1) is 5.82 Å². The number of anilines is 3. The number of nitrogens with zero attached hydrogens (tertiary/aromatic N) is 5. The number of piperazine rings is 1. The highest BCUT2D eigenvalue weighted by atomic mass is 32.2. The molecule has 1 N–H and O–H groups in total. The first kappa shape index (κ1) is 24.8. The highest BCUT2D eigenvalue weighted by molar-refractivity contribution is 7.90. The summed E-state index contributed by atoms with van der Waals surface area (Å²) in [5, 5.41) is 2.61. The maximum absolute atomic E-state index is 15.1. The van der Waals surface area contributed by atoms with Crippen LogP contribution in [0.1, 0.15) is 6.92 Å². The molecule has 37 heavy (non-hydrogen) atoms. The van der Waals surface area contributed by atoms with Crippen molar-refractivity contribution < 1.29 is 27.1 Å². The molecule has 0 aliphatic carbocycles. The van der Waals surface area contributed by atoms with Gasteiger partial charge in [-0.1, -0.05) is 12.1 Å². The Kier molecular flexibility index (Phi) is 6.40. The Hall–Kier alpha value is -3.87. The average molecular weight is 531 g/mol. The molecule has 0 bridgehead atoms. The van der Waals surface area contributed by atoms with E-state index in [2.05, 4.69) is 9.71 Å². The quantitative estimate of drug-likeness (QED) is 0.634. The van der Waals surface area contributed by atoms with Crippen molar-refractivity contribution in [3.8, 4) is 0 Å². The third-order valence-corrected chi connectivity index (χ3v) is 7.91. The number of halogens is 1. The first-order chi connectivity index (χ1) is 17.6. The summed E-state index contributed by atoms with van der Waals surface area (Å²) < 4.78 is 49.8. The maximum Gasteiger partial charge on any atom is 0.414 e. The second-order valence-electron chi connectivity index (χ2n) is 9.06. The number of benzene rings is 2. The number of rotatable bonds is 4. The van der Waals surface area contributed by atoms with Gasteiger partial charge in [0.15, 0.2) is 0 Å². The van der Waals surface area contributed by atoms with E-state index < -0.39 is 28.0 Å². The summed E-state index contributed by atoms with van der Waals surface area (Å²) in [4.78, 5) is 30.4. The first-order valence-electron chi connectivity index (χ1n) is 11.8. The lowest BCUT2D eigenvalue weighted by Crippen LogP contribution is -2.54. The van der Waals surface area contributed by atoms with E-state index in [-0.39, 0.29) is 23.9 Å². The van der Waals surface area contributed by atoms with Crippen molar-refractivity contribution in [1.82, 2.24) is 10.2 Å². The molecule has 0 radical (unpaired) electrons. The molecule has 3 aliphatic heterocycles. The van der Waals surface area contributed by atoms with Gasteiger partial charge in [-0.25, -0.2) is 9.18 Å². The number of carbonyl (C=O) groups is 2. The standard InChI is InChI=1S/C24H27FN6O5S/c1-16(32)26-14-18-15-31(24(33)36-18)17-7-8-20(19(25)13-17)29-9-11-30(12-10-29)23-27-37(34,35)22-6-4-3-5-21(22)28(23)2/h3-8,13,18H,9-12,14-15H2,1-2H3,(H,26,32)/t18-/m1/s1. The summed E-state index contributed by atoms with van der Waals surface area (Å²) >= 11 is 0. The second kappa shape index (κ2) is 9.54. The Morgan fingerprint density at radius 1 is 1.11 bits per heavy atom. The van der Waals surface area contributed by atoms with Crippen LogP contribution in [0.15, 0.2) is 51.8 Å². The second-order valence-corrected chi connectivity index (χ2v) is 10.6. The summed E-state index contributed by atoms with van der Waals surface area (Å²) in [6.07, 6.45) is -1.10. The highest BCUT2D eigenvalue weighted by Crippen LogP contribution is 2.32. The van der Waals surface area contributed by atoms with Gasteiger partial charge in [0.2, 0.25) is 11.9 Å². The van der Waals surface area contributed by atoms with Crippen LogP contribution in [-0.2, 0) is 19.6 Å². The van der Waals surface area contributed by atoms with Gasteiger partial charge in [-0.2, -0.15) is 8.42 Å². The van der Waals surface area contributed by atoms with Gasteiger partial charge in [-0.15, -0.1) is 4.40 Å². The molecule has 2 aromatic rings. The highest BCUT2D eigenvalue weighted by Gasteiger charge is 2.34. The van der Waals surface area contributed by atoms with Crippen molar-refractivity contribution in [2.45, 2.75) is 17.9 Å². The molecule has 0 unspecified atom stereocenters. The van der Waals surface area contributed by atoms with E-state index >= 15 is 4.39 Å². The summed E-state index contributed by atoms with van der Waals surface area (Å²) in [5.41, 5.74) is 1.33. The molecule has 1 atom stereocenters. The Morgan fingerprint density at radius 3 is 2.51 bits per heavy atom. The summed E-state index contributed by atoms with van der Waals surface area (Å²) in [6.45, 7) is 3.58. The van der Waals surface area contributed by atoms with Crippen molar-refractivity contribution in [2.24, 2.45) is 4.40 Å². The van der Waals surface area contributed by atoms with Gasteiger partial charge in [0, 0.05) is 40.2 Å². The lowest BCUT2D eigenvalue weighted by atomic mass is 10.2. The predicted octanol–water partition coefficient (Wildman–Crippen LogP) is 1.60. The van der Waals surface area contributed by atoms with E-state index in [1.807, 2.05) is 9.80 Å². The fourth-order valence-electron chi connectivity index (χ4n) is 4.71. The van der Waals surface area contributed by atoms with Crippen LogP contribution in [0.3, 0.4) is 0 Å². The molecule has 0 aromatic heterocycles. The Morgan fingerprint density at radius 2 is 1.81 bits per heavy atom. The smallest absolute Gasteiger partial charge is 0.414 e. The van der Waals surface area contributed by atoms with Crippen LogP contribution >= 0.6 is 0 Å². The number of amides is 2. The number of ether oxygens (including phenoxy) is 1. The van der Waals surface area contributed by atoms with E-state index in [9.17, 15) is 18.0 Å². The fraction of sp³-hybridized carbons (Fsp3) is 0.375. The van der Waals surface area contributed by atoms with Gasteiger partial charge in [-0.3, -0.25) is 9.69 Å². The molecular formula is C24H27FN6O5S. The van der Waals surface area contributed by atoms with Gasteiger partial charge in [0.25, 0.3) is 10.0 Å². The fourth-order valence-corrected chi connectivity index (χ4v) is 5.98. The van der Waals surface area contributed by atoms with E-state index in [4.69, 9.17) is 4.74 Å². The molecule has 5 rings (SSSR count). The number of cyclic esters (lactones) is 1. The van der Waals surface area contributed by atoms with Crippen molar-refractivity contribution in [3.63, 3.8) is 0 Å². The monoisotopic (exact) mass is 530 g/mol. The average Bonchev–Trinajstić information content (AvgIpc) is 3.25. The third-order valence-electron chi connectivity index (χ3n) is 6.61. The lowest BCUT2D eigenvalue weighted by molar-refractivity contribution is -0.119. The van der Waals surface area contributed by atoms with Crippen LogP contribution < -0.4 is 20.0 Å². The largest absolute Gasteiger partial charge is 0.442 e. The minimum Gasteiger partial charge on any atom is -0.442 e. The van der Waals surface area contributed by atoms with Crippen LogP contribution in [-0.4, -0.2) is 83.7 Å². The Labute approximate surface area is 214 Å². The van der Waals surface area contributed by atoms with Crippen LogP contribution in [0.4, 0.5) is 26.2 Å². The molecule has 2 aromatic carbocycles. The SMILES string of the molecule is CC(=O)NC[C@@H]1CN(c2ccc(N3CCN(C4=NS(=O)(=O)c5ccccc5N4C)CC3)c(F)c2)C(=O)O1. The summed E-state index contributed by atoms with van der Waals surface area (Å²) in [7, 11) is -2.03. The topological polar surface area (TPSA) is 115 Å². The minimum atomic E-state index is -3.81. The van der Waals surface area contributed by atoms with Crippen molar-refractivity contribution >= 4 is 45.0 Å².